The Kier molecular flexibility index (Phi) is 1.00. The predicted molar refractivity (Wildman–Crippen MR) is 35.3 cm³/mol. The number of aromatic amines is 1. The number of fused-ring (bicyclic) bond motifs is 1. The van der Waals surface area contributed by atoms with Crippen LogP contribution in [0.15, 0.2) is 16.8 Å². The summed E-state index contributed by atoms with van der Waals surface area (Å²) in [6, 6.07) is 1.47. The first-order valence-corrected chi connectivity index (χ1v) is 2.94. The second-order valence-electron chi connectivity index (χ2n) is 2.10. The van der Waals surface area contributed by atoms with E-state index in [1.165, 1.54) is 12.3 Å². The number of hydrogen-bond acceptors (Lipinski definition) is 3. The lowest BCUT2D eigenvalue weighted by molar-refractivity contribution is 0.0691. The summed E-state index contributed by atoms with van der Waals surface area (Å²) in [6.45, 7) is 0. The van der Waals surface area contributed by atoms with Gasteiger partial charge in [-0.25, -0.2) is 4.79 Å². The molecule has 0 aliphatic carbocycles. The van der Waals surface area contributed by atoms with E-state index in [-0.39, 0.29) is 5.69 Å². The van der Waals surface area contributed by atoms with E-state index in [1.807, 2.05) is 0 Å². The molecular weight excluding hydrogens is 148 g/mol. The third kappa shape index (κ3) is 0.778. The molecule has 0 aromatic carbocycles. The van der Waals surface area contributed by atoms with Crippen molar-refractivity contribution in [1.29, 1.82) is 0 Å². The molecule has 0 aliphatic rings. The van der Waals surface area contributed by atoms with E-state index in [9.17, 15) is 4.79 Å². The zero-order valence-electron chi connectivity index (χ0n) is 5.37. The summed E-state index contributed by atoms with van der Waals surface area (Å²) in [6.07, 6.45) is 1.46. The Morgan fingerprint density at radius 3 is 3.18 bits per heavy atom. The van der Waals surface area contributed by atoms with Crippen LogP contribution in [0, 0.1) is 0 Å². The Hall–Kier alpha value is -1.78. The fourth-order valence-corrected chi connectivity index (χ4v) is 0.874. The zero-order chi connectivity index (χ0) is 7.84. The van der Waals surface area contributed by atoms with E-state index < -0.39 is 5.97 Å². The molecule has 5 heteroatoms. The van der Waals surface area contributed by atoms with Crippen LogP contribution in [0.1, 0.15) is 10.5 Å². The first kappa shape index (κ1) is 5.96. The number of aromatic nitrogens is 2. The highest BCUT2D eigenvalue weighted by Gasteiger charge is 2.08. The normalized spacial score (nSPS) is 10.5. The van der Waals surface area contributed by atoms with Gasteiger partial charge in [-0.05, 0) is 6.07 Å². The van der Waals surface area contributed by atoms with E-state index in [0.717, 1.165) is 0 Å². The fraction of sp³-hybridized carbons (Fsp3) is 0. The van der Waals surface area contributed by atoms with Crippen LogP contribution in [0.4, 0.5) is 0 Å². The summed E-state index contributed by atoms with van der Waals surface area (Å²) < 4.78 is 4.68. The molecule has 11 heavy (non-hydrogen) atoms. The van der Waals surface area contributed by atoms with Gasteiger partial charge in [-0.2, -0.15) is 0 Å². The van der Waals surface area contributed by atoms with Gasteiger partial charge in [-0.15, -0.1) is 0 Å². The number of hydrogen-bond donors (Lipinski definition) is 2. The number of aromatic carboxylic acids is 1. The van der Waals surface area contributed by atoms with Crippen LogP contribution in [-0.4, -0.2) is 21.2 Å². The average molecular weight is 152 g/mol. The molecule has 2 N–H and O–H groups in total. The fourth-order valence-electron chi connectivity index (χ4n) is 0.874. The quantitative estimate of drug-likeness (QED) is 0.634. The number of nitrogens with one attached hydrogen (secondary N) is 1. The summed E-state index contributed by atoms with van der Waals surface area (Å²) >= 11 is 0. The molecule has 5 nitrogen and oxygen atoms in total. The molecule has 2 aromatic heterocycles. The van der Waals surface area contributed by atoms with Gasteiger partial charge < -0.3 is 14.6 Å². The Morgan fingerprint density at radius 1 is 1.73 bits per heavy atom. The Labute approximate surface area is 60.6 Å². The molecular formula is C6H4N2O3. The topological polar surface area (TPSA) is 79.1 Å². The molecule has 0 atom stereocenters. The second kappa shape index (κ2) is 1.85. The monoisotopic (exact) mass is 152 g/mol. The zero-order valence-corrected chi connectivity index (χ0v) is 5.37. The molecule has 0 amide bonds. The minimum atomic E-state index is -1.00. The number of carbonyl (C=O) groups is 1. The average Bonchev–Trinajstić information content (AvgIpc) is 2.40. The number of H-pyrrole nitrogens is 1. The third-order valence-corrected chi connectivity index (χ3v) is 1.38. The summed E-state index contributed by atoms with van der Waals surface area (Å²) in [5.41, 5.74) is 0.503. The summed E-state index contributed by atoms with van der Waals surface area (Å²) in [4.78, 5) is 12.9. The van der Waals surface area contributed by atoms with Gasteiger partial charge in [0.25, 0.3) is 0 Å². The van der Waals surface area contributed by atoms with E-state index in [4.69, 9.17) is 5.11 Å². The van der Waals surface area contributed by atoms with Crippen molar-refractivity contribution in [3.63, 3.8) is 0 Å². The van der Waals surface area contributed by atoms with Crippen LogP contribution in [0.3, 0.4) is 0 Å². The summed E-state index contributed by atoms with van der Waals surface area (Å²) in [5.74, 6) is -1.00. The van der Waals surface area contributed by atoms with Crippen LogP contribution in [0.5, 0.6) is 0 Å². The molecule has 2 heterocycles. The van der Waals surface area contributed by atoms with Crippen molar-refractivity contribution >= 4 is 17.1 Å². The van der Waals surface area contributed by atoms with Crippen molar-refractivity contribution in [2.24, 2.45) is 0 Å². The van der Waals surface area contributed by atoms with Gasteiger partial charge in [0.2, 0.25) is 5.71 Å². The highest BCUT2D eigenvalue weighted by Crippen LogP contribution is 2.13. The van der Waals surface area contributed by atoms with Gasteiger partial charge in [0.15, 0.2) is 0 Å². The van der Waals surface area contributed by atoms with Crippen molar-refractivity contribution < 1.29 is 14.4 Å². The maximum atomic E-state index is 10.4. The van der Waals surface area contributed by atoms with Crippen molar-refractivity contribution in [1.82, 2.24) is 10.1 Å². The molecule has 0 saturated heterocycles. The molecule has 2 rings (SSSR count). The lowest BCUT2D eigenvalue weighted by Gasteiger charge is -1.81. The number of rotatable bonds is 1. The van der Waals surface area contributed by atoms with Gasteiger partial charge >= 0.3 is 5.97 Å². The maximum absolute atomic E-state index is 10.4. The minimum absolute atomic E-state index is 0.112. The smallest absolute Gasteiger partial charge is 0.352 e. The SMILES string of the molecule is O=C(O)c1cc2cnoc2[nH]1. The van der Waals surface area contributed by atoms with Crippen molar-refractivity contribution in [3.05, 3.63) is 18.0 Å². The molecule has 0 fully saturated rings. The number of carboxylic acids is 1. The Balaban J connectivity index is 2.67. The number of nitrogens with zero attached hydrogens (tertiary/aromatic N) is 1. The highest BCUT2D eigenvalue weighted by atomic mass is 16.5. The second-order valence-corrected chi connectivity index (χ2v) is 2.10. The van der Waals surface area contributed by atoms with Crippen LogP contribution in [-0.2, 0) is 0 Å². The van der Waals surface area contributed by atoms with E-state index >= 15 is 0 Å². The van der Waals surface area contributed by atoms with Crippen LogP contribution in [0.2, 0.25) is 0 Å². The molecule has 0 spiro atoms. The highest BCUT2D eigenvalue weighted by molar-refractivity contribution is 5.91. The first-order chi connectivity index (χ1) is 5.27. The van der Waals surface area contributed by atoms with Gasteiger partial charge in [-0.1, -0.05) is 5.16 Å². The Bertz CT molecular complexity index is 372. The third-order valence-electron chi connectivity index (χ3n) is 1.38. The molecule has 0 bridgehead atoms. The van der Waals surface area contributed by atoms with Crippen molar-refractivity contribution in [3.8, 4) is 0 Å². The van der Waals surface area contributed by atoms with Crippen LogP contribution in [0.25, 0.3) is 11.1 Å². The molecule has 0 saturated carbocycles. The van der Waals surface area contributed by atoms with Gasteiger partial charge in [-0.3, -0.25) is 0 Å². The van der Waals surface area contributed by atoms with Gasteiger partial charge in [0, 0.05) is 0 Å². The van der Waals surface area contributed by atoms with Crippen molar-refractivity contribution in [2.45, 2.75) is 0 Å². The number of carboxylic acid groups (broad SMARTS) is 1. The van der Waals surface area contributed by atoms with Crippen LogP contribution >= 0.6 is 0 Å². The maximum Gasteiger partial charge on any atom is 0.352 e. The lowest BCUT2D eigenvalue weighted by Crippen LogP contribution is -1.94. The van der Waals surface area contributed by atoms with Gasteiger partial charge in [0.1, 0.15) is 5.69 Å². The molecule has 56 valence electrons. The first-order valence-electron chi connectivity index (χ1n) is 2.94. The van der Waals surface area contributed by atoms with E-state index in [2.05, 4.69) is 14.7 Å². The minimum Gasteiger partial charge on any atom is -0.477 e. The summed E-state index contributed by atoms with van der Waals surface area (Å²) in [5, 5.41) is 12.6. The van der Waals surface area contributed by atoms with Crippen molar-refractivity contribution in [2.75, 3.05) is 0 Å². The van der Waals surface area contributed by atoms with Gasteiger partial charge in [0.05, 0.1) is 11.6 Å². The molecule has 0 unspecified atom stereocenters. The Morgan fingerprint density at radius 2 is 2.55 bits per heavy atom. The predicted octanol–water partition coefficient (Wildman–Crippen LogP) is 0.854. The molecule has 2 aromatic rings. The largest absolute Gasteiger partial charge is 0.477 e. The summed E-state index contributed by atoms with van der Waals surface area (Å²) in [7, 11) is 0. The lowest BCUT2D eigenvalue weighted by atomic mass is 10.4. The van der Waals surface area contributed by atoms with E-state index in [1.54, 1.807) is 0 Å². The molecule has 0 radical (unpaired) electrons. The van der Waals surface area contributed by atoms with Crippen LogP contribution < -0.4 is 0 Å². The standard InChI is InChI=1S/C6H4N2O3/c9-6(10)4-1-3-2-7-11-5(3)8-4/h1-2,8H,(H,9,10). The molecule has 0 aliphatic heterocycles. The van der Waals surface area contributed by atoms with E-state index in [0.29, 0.717) is 11.1 Å².